The van der Waals surface area contributed by atoms with Crippen LogP contribution < -0.4 is 10.6 Å². The number of aromatic nitrogens is 2. The first-order chi connectivity index (χ1) is 23.7. The quantitative estimate of drug-likeness (QED) is 0.144. The minimum atomic E-state index is -0.106. The van der Waals surface area contributed by atoms with Crippen molar-refractivity contribution in [1.29, 1.82) is 0 Å². The average Bonchev–Trinajstić information content (AvgIpc) is 3.95. The maximum atomic E-state index is 12.5. The van der Waals surface area contributed by atoms with E-state index in [2.05, 4.69) is 70.8 Å². The average molecular weight is 756 g/mol. The van der Waals surface area contributed by atoms with E-state index in [1.165, 1.54) is 44.9 Å². The molecule has 6 aromatic rings. The Kier molecular flexibility index (Phi) is 12.2. The standard InChI is InChI=1S/C17H14Cl2N2OS.C17H15ClN2OS.2C2H6/c1-8-10-5-3-2-4-9(10)6-11(8)21-17(22)12-7-13-15(20-12)14(18)16(19)23-13;1-9-12-5-3-2-4-10(12)6-13(9)19-16(21)14-7-11-8-15(18)22-17(11)20-14;2*1-2/h2-5,7-8,11,20H,6H2,1H3,(H,21,22);2-5,7-9,13,20H,6H2,1H3,(H,19,21);2*1-2H3. The van der Waals surface area contributed by atoms with Crippen LogP contribution in [0.3, 0.4) is 0 Å². The van der Waals surface area contributed by atoms with Gasteiger partial charge in [-0.15, -0.1) is 22.7 Å². The Bertz CT molecular complexity index is 2050. The van der Waals surface area contributed by atoms with Crippen LogP contribution in [0.15, 0.2) is 66.7 Å². The number of carbonyl (C=O) groups is 2. The molecule has 0 fully saturated rings. The van der Waals surface area contributed by atoms with Gasteiger partial charge in [0.2, 0.25) is 0 Å². The van der Waals surface area contributed by atoms with Crippen molar-refractivity contribution in [2.24, 2.45) is 0 Å². The Morgan fingerprint density at radius 1 is 0.714 bits per heavy atom. The molecule has 4 heterocycles. The minimum Gasteiger partial charge on any atom is -0.349 e. The first-order valence-corrected chi connectivity index (χ1v) is 19.4. The Hall–Kier alpha value is -3.27. The van der Waals surface area contributed by atoms with Gasteiger partial charge in [0.05, 0.1) is 19.6 Å². The van der Waals surface area contributed by atoms with Crippen molar-refractivity contribution >= 4 is 89.7 Å². The fourth-order valence-corrected chi connectivity index (χ4v) is 9.10. The van der Waals surface area contributed by atoms with Gasteiger partial charge in [-0.2, -0.15) is 0 Å². The highest BCUT2D eigenvalue weighted by atomic mass is 35.5. The number of thiophene rings is 2. The van der Waals surface area contributed by atoms with Crippen LogP contribution in [0, 0.1) is 0 Å². The van der Waals surface area contributed by atoms with Gasteiger partial charge in [0, 0.05) is 29.3 Å². The van der Waals surface area contributed by atoms with Crippen molar-refractivity contribution in [2.75, 3.05) is 0 Å². The van der Waals surface area contributed by atoms with Crippen LogP contribution in [-0.2, 0) is 12.8 Å². The number of fused-ring (bicyclic) bond motifs is 4. The highest BCUT2D eigenvalue weighted by Gasteiger charge is 2.31. The summed E-state index contributed by atoms with van der Waals surface area (Å²) in [5.74, 6) is 0.490. The van der Waals surface area contributed by atoms with Gasteiger partial charge < -0.3 is 20.6 Å². The number of hydrogen-bond acceptors (Lipinski definition) is 4. The van der Waals surface area contributed by atoms with Gasteiger partial charge >= 0.3 is 0 Å². The van der Waals surface area contributed by atoms with E-state index in [9.17, 15) is 9.59 Å². The number of aromatic amines is 2. The van der Waals surface area contributed by atoms with Crippen LogP contribution in [0.4, 0.5) is 0 Å². The van der Waals surface area contributed by atoms with Crippen molar-refractivity contribution in [3.8, 4) is 0 Å². The van der Waals surface area contributed by atoms with Crippen LogP contribution in [-0.4, -0.2) is 33.9 Å². The van der Waals surface area contributed by atoms with E-state index >= 15 is 0 Å². The molecular weight excluding hydrogens is 715 g/mol. The maximum absolute atomic E-state index is 12.5. The fraction of sp³-hybridized carbons (Fsp3) is 0.316. The largest absolute Gasteiger partial charge is 0.349 e. The van der Waals surface area contributed by atoms with Crippen molar-refractivity contribution < 1.29 is 9.59 Å². The Morgan fingerprint density at radius 2 is 1.22 bits per heavy atom. The number of hydrogen-bond donors (Lipinski definition) is 4. The van der Waals surface area contributed by atoms with Gasteiger partial charge in [-0.25, -0.2) is 0 Å². The molecule has 6 nitrogen and oxygen atoms in total. The minimum absolute atomic E-state index is 0.0517. The summed E-state index contributed by atoms with van der Waals surface area (Å²) < 4.78 is 2.17. The van der Waals surface area contributed by atoms with Gasteiger partial charge in [0.15, 0.2) is 0 Å². The van der Waals surface area contributed by atoms with E-state index in [0.717, 1.165) is 37.6 Å². The predicted molar refractivity (Wildman–Crippen MR) is 210 cm³/mol. The van der Waals surface area contributed by atoms with Gasteiger partial charge in [0.1, 0.15) is 20.6 Å². The lowest BCUT2D eigenvalue weighted by Gasteiger charge is -2.17. The van der Waals surface area contributed by atoms with Crippen LogP contribution in [0.25, 0.3) is 20.4 Å². The second kappa shape index (κ2) is 16.2. The molecule has 4 aromatic heterocycles. The van der Waals surface area contributed by atoms with Crippen LogP contribution in [0.1, 0.15) is 96.6 Å². The second-order valence-electron chi connectivity index (χ2n) is 11.7. The molecule has 258 valence electrons. The van der Waals surface area contributed by atoms with E-state index in [4.69, 9.17) is 34.8 Å². The van der Waals surface area contributed by atoms with Crippen molar-refractivity contribution in [3.63, 3.8) is 0 Å². The zero-order valence-electron chi connectivity index (χ0n) is 28.3. The first kappa shape index (κ1) is 37.0. The molecule has 0 aliphatic heterocycles. The summed E-state index contributed by atoms with van der Waals surface area (Å²) >= 11 is 20.9. The molecule has 2 aromatic carbocycles. The molecule has 4 atom stereocenters. The molecule has 0 spiro atoms. The monoisotopic (exact) mass is 754 g/mol. The maximum Gasteiger partial charge on any atom is 0.268 e. The molecule has 2 aliphatic rings. The molecule has 4 N–H and O–H groups in total. The normalized spacial score (nSPS) is 18.7. The third-order valence-electron chi connectivity index (χ3n) is 8.95. The van der Waals surface area contributed by atoms with Gasteiger partial charge in [-0.3, -0.25) is 9.59 Å². The fourth-order valence-electron chi connectivity index (χ4n) is 6.49. The molecule has 11 heteroatoms. The van der Waals surface area contributed by atoms with Crippen molar-refractivity contribution in [1.82, 2.24) is 20.6 Å². The molecule has 2 amide bonds. The molecule has 4 unspecified atom stereocenters. The molecule has 2 aliphatic carbocycles. The van der Waals surface area contributed by atoms with Gasteiger partial charge in [-0.1, -0.05) is 125 Å². The molecule has 0 bridgehead atoms. The predicted octanol–water partition coefficient (Wildman–Crippen LogP) is 11.4. The summed E-state index contributed by atoms with van der Waals surface area (Å²) in [6.45, 7) is 12.3. The molecular formula is C38H41Cl3N4O2S2. The van der Waals surface area contributed by atoms with Crippen LogP contribution >= 0.6 is 57.5 Å². The number of benzene rings is 2. The van der Waals surface area contributed by atoms with Crippen LogP contribution in [0.2, 0.25) is 13.7 Å². The Balaban J connectivity index is 0.000000174. The first-order valence-electron chi connectivity index (χ1n) is 16.7. The number of H-pyrrole nitrogens is 2. The van der Waals surface area contributed by atoms with Gasteiger partial charge in [-0.05, 0) is 53.3 Å². The molecule has 0 saturated carbocycles. The lowest BCUT2D eigenvalue weighted by Crippen LogP contribution is -2.37. The number of amides is 2. The third kappa shape index (κ3) is 7.74. The summed E-state index contributed by atoms with van der Waals surface area (Å²) in [4.78, 5) is 32.2. The number of rotatable bonds is 4. The van der Waals surface area contributed by atoms with Gasteiger partial charge in [0.25, 0.3) is 11.8 Å². The molecule has 49 heavy (non-hydrogen) atoms. The van der Waals surface area contributed by atoms with E-state index in [1.54, 1.807) is 6.07 Å². The SMILES string of the molecule is CC.CC.CC1c2ccccc2CC1NC(=O)c1cc2cc(Cl)sc2[nH]1.CC1c2ccccc2CC1NC(=O)c1cc2sc(Cl)c(Cl)c2[nH]1. The highest BCUT2D eigenvalue weighted by Crippen LogP contribution is 2.39. The summed E-state index contributed by atoms with van der Waals surface area (Å²) in [7, 11) is 0. The topological polar surface area (TPSA) is 89.8 Å². The van der Waals surface area contributed by atoms with E-state index < -0.39 is 0 Å². The summed E-state index contributed by atoms with van der Waals surface area (Å²) in [5.41, 5.74) is 7.16. The third-order valence-corrected chi connectivity index (χ3v) is 12.1. The van der Waals surface area contributed by atoms with Crippen LogP contribution in [0.5, 0.6) is 0 Å². The summed E-state index contributed by atoms with van der Waals surface area (Å²) in [6, 6.07) is 22.6. The van der Waals surface area contributed by atoms with E-state index in [-0.39, 0.29) is 23.9 Å². The molecule has 0 saturated heterocycles. The number of halogens is 3. The van der Waals surface area contributed by atoms with Crippen molar-refractivity contribution in [3.05, 3.63) is 114 Å². The second-order valence-corrected chi connectivity index (χ2v) is 15.4. The summed E-state index contributed by atoms with van der Waals surface area (Å²) in [5, 5.41) is 7.76. The lowest BCUT2D eigenvalue weighted by atomic mass is 10.0. The van der Waals surface area contributed by atoms with Crippen molar-refractivity contribution in [2.45, 2.75) is 78.3 Å². The zero-order valence-corrected chi connectivity index (χ0v) is 32.2. The smallest absolute Gasteiger partial charge is 0.268 e. The molecule has 0 radical (unpaired) electrons. The van der Waals surface area contributed by atoms with E-state index in [1.807, 2.05) is 52.0 Å². The lowest BCUT2D eigenvalue weighted by molar-refractivity contribution is 0.0922. The number of nitrogens with one attached hydrogen (secondary N) is 4. The zero-order chi connectivity index (χ0) is 35.4. The summed E-state index contributed by atoms with van der Waals surface area (Å²) in [6.07, 6.45) is 1.76. The highest BCUT2D eigenvalue weighted by molar-refractivity contribution is 7.23. The molecule has 8 rings (SSSR count). The number of carbonyl (C=O) groups excluding carboxylic acids is 2. The Morgan fingerprint density at radius 3 is 1.71 bits per heavy atom. The Labute approximate surface area is 310 Å². The van der Waals surface area contributed by atoms with E-state index in [0.29, 0.717) is 32.6 Å².